The zero-order chi connectivity index (χ0) is 20.4. The Labute approximate surface area is 179 Å². The van der Waals surface area contributed by atoms with Crippen LogP contribution >= 0.6 is 0 Å². The van der Waals surface area contributed by atoms with Gasteiger partial charge in [0.25, 0.3) is 0 Å². The molecule has 0 aromatic heterocycles. The van der Waals surface area contributed by atoms with E-state index < -0.39 is 0 Å². The first kappa shape index (κ1) is 27.5. The molecular formula is C28H53. The van der Waals surface area contributed by atoms with Crippen LogP contribution in [0.15, 0.2) is 24.3 Å². The SMILES string of the molecule is CCCCCCC=CCCCCC[CH]CCCCCC=CCCCCCCC. The molecule has 0 atom stereocenters. The molecule has 0 fully saturated rings. The molecule has 0 nitrogen and oxygen atoms in total. The minimum absolute atomic E-state index is 1.29. The third kappa shape index (κ3) is 25.5. The van der Waals surface area contributed by atoms with Crippen LogP contribution in [-0.4, -0.2) is 0 Å². The van der Waals surface area contributed by atoms with Crippen LogP contribution in [0, 0.1) is 6.42 Å². The molecule has 0 heteroatoms. The van der Waals surface area contributed by atoms with Crippen molar-refractivity contribution in [3.8, 4) is 0 Å². The average molecular weight is 390 g/mol. The van der Waals surface area contributed by atoms with Crippen molar-refractivity contribution in [1.29, 1.82) is 0 Å². The molecule has 0 spiro atoms. The molecule has 0 rings (SSSR count). The lowest BCUT2D eigenvalue weighted by Gasteiger charge is -2.01. The lowest BCUT2D eigenvalue weighted by atomic mass is 10.1. The second-order valence-electron chi connectivity index (χ2n) is 8.56. The lowest BCUT2D eigenvalue weighted by Crippen LogP contribution is -1.82. The lowest BCUT2D eigenvalue weighted by molar-refractivity contribution is 0.630. The molecule has 0 aliphatic rings. The molecule has 0 saturated heterocycles. The molecule has 0 aliphatic carbocycles. The van der Waals surface area contributed by atoms with Gasteiger partial charge in [-0.3, -0.25) is 0 Å². The highest BCUT2D eigenvalue weighted by Crippen LogP contribution is 2.12. The fourth-order valence-electron chi connectivity index (χ4n) is 3.63. The van der Waals surface area contributed by atoms with Crippen LogP contribution < -0.4 is 0 Å². The Morgan fingerprint density at radius 2 is 0.607 bits per heavy atom. The molecule has 0 aliphatic heterocycles. The molecule has 0 saturated carbocycles. The smallest absolute Gasteiger partial charge is 0.0351 e. The molecule has 165 valence electrons. The third-order valence-corrected chi connectivity index (χ3v) is 5.59. The molecule has 0 N–H and O–H groups in total. The first-order chi connectivity index (χ1) is 13.9. The van der Waals surface area contributed by atoms with Gasteiger partial charge in [-0.05, 0) is 57.8 Å². The summed E-state index contributed by atoms with van der Waals surface area (Å²) in [5.74, 6) is 0. The van der Waals surface area contributed by atoms with Crippen LogP contribution in [0.25, 0.3) is 0 Å². The maximum absolute atomic E-state index is 2.54. The van der Waals surface area contributed by atoms with Crippen molar-refractivity contribution in [3.63, 3.8) is 0 Å². The Kier molecular flexibility index (Phi) is 26.0. The topological polar surface area (TPSA) is 0 Å². The van der Waals surface area contributed by atoms with Crippen LogP contribution in [0.5, 0.6) is 0 Å². The summed E-state index contributed by atoms with van der Waals surface area (Å²) in [4.78, 5) is 0. The second kappa shape index (κ2) is 26.5. The molecule has 0 aromatic carbocycles. The minimum atomic E-state index is 1.29. The van der Waals surface area contributed by atoms with Crippen molar-refractivity contribution in [2.45, 2.75) is 149 Å². The number of rotatable bonds is 23. The standard InChI is InChI=1S/C28H53/c1-3-5-7-9-11-13-15-17-19-21-23-25-27-28-26-24-22-20-18-16-14-12-10-8-6-4-2/h13,15-16,18,27H,3-12,14,17,19-26,28H2,1-2H3. The quantitative estimate of drug-likeness (QED) is 0.120. The van der Waals surface area contributed by atoms with Crippen molar-refractivity contribution in [1.82, 2.24) is 0 Å². The molecule has 0 heterocycles. The summed E-state index contributed by atoms with van der Waals surface area (Å²) >= 11 is 0. The highest BCUT2D eigenvalue weighted by atomic mass is 14.0. The monoisotopic (exact) mass is 389 g/mol. The van der Waals surface area contributed by atoms with Gasteiger partial charge in [-0.2, -0.15) is 0 Å². The van der Waals surface area contributed by atoms with Gasteiger partial charge in [0.2, 0.25) is 0 Å². The normalized spacial score (nSPS) is 11.9. The van der Waals surface area contributed by atoms with Crippen LogP contribution in [0.2, 0.25) is 0 Å². The van der Waals surface area contributed by atoms with Gasteiger partial charge >= 0.3 is 0 Å². The summed E-state index contributed by atoms with van der Waals surface area (Å²) < 4.78 is 0. The molecule has 0 amide bonds. The predicted molar refractivity (Wildman–Crippen MR) is 131 cm³/mol. The van der Waals surface area contributed by atoms with Gasteiger partial charge in [0.05, 0.1) is 0 Å². The van der Waals surface area contributed by atoms with E-state index in [1.165, 1.54) is 135 Å². The van der Waals surface area contributed by atoms with Crippen molar-refractivity contribution in [3.05, 3.63) is 30.7 Å². The summed E-state index contributed by atoms with van der Waals surface area (Å²) in [7, 11) is 0. The molecule has 28 heavy (non-hydrogen) atoms. The average Bonchev–Trinajstić information content (AvgIpc) is 2.71. The number of hydrogen-bond acceptors (Lipinski definition) is 0. The molecule has 1 radical (unpaired) electrons. The Hall–Kier alpha value is -0.520. The van der Waals surface area contributed by atoms with E-state index >= 15 is 0 Å². The van der Waals surface area contributed by atoms with E-state index in [0.717, 1.165) is 0 Å². The summed E-state index contributed by atoms with van der Waals surface area (Å²) in [6.07, 6.45) is 40.9. The Morgan fingerprint density at radius 3 is 1.00 bits per heavy atom. The van der Waals surface area contributed by atoms with Crippen molar-refractivity contribution in [2.75, 3.05) is 0 Å². The van der Waals surface area contributed by atoms with Gasteiger partial charge in [-0.25, -0.2) is 0 Å². The fourth-order valence-corrected chi connectivity index (χ4v) is 3.63. The first-order valence-electron chi connectivity index (χ1n) is 13.0. The van der Waals surface area contributed by atoms with Gasteiger partial charge < -0.3 is 0 Å². The second-order valence-corrected chi connectivity index (χ2v) is 8.56. The Bertz CT molecular complexity index is 312. The summed E-state index contributed by atoms with van der Waals surface area (Å²) in [5, 5.41) is 0. The summed E-state index contributed by atoms with van der Waals surface area (Å²) in [5.41, 5.74) is 0. The Balaban J connectivity index is 3.09. The van der Waals surface area contributed by atoms with Crippen LogP contribution in [0.3, 0.4) is 0 Å². The third-order valence-electron chi connectivity index (χ3n) is 5.59. The zero-order valence-corrected chi connectivity index (χ0v) is 19.7. The fraction of sp³-hybridized carbons (Fsp3) is 0.821. The largest absolute Gasteiger partial charge is 0.0885 e. The number of hydrogen-bond donors (Lipinski definition) is 0. The van der Waals surface area contributed by atoms with E-state index in [1.54, 1.807) is 0 Å². The minimum Gasteiger partial charge on any atom is -0.0885 e. The van der Waals surface area contributed by atoms with Crippen LogP contribution in [0.4, 0.5) is 0 Å². The van der Waals surface area contributed by atoms with Crippen molar-refractivity contribution in [2.24, 2.45) is 0 Å². The van der Waals surface area contributed by atoms with E-state index in [-0.39, 0.29) is 0 Å². The summed E-state index contributed by atoms with van der Waals surface area (Å²) in [6.45, 7) is 4.57. The summed E-state index contributed by atoms with van der Waals surface area (Å²) in [6, 6.07) is 0. The maximum Gasteiger partial charge on any atom is -0.0351 e. The predicted octanol–water partition coefficient (Wildman–Crippen LogP) is 10.5. The van der Waals surface area contributed by atoms with E-state index in [0.29, 0.717) is 0 Å². The maximum atomic E-state index is 2.54. The van der Waals surface area contributed by atoms with Gasteiger partial charge in [0, 0.05) is 0 Å². The van der Waals surface area contributed by atoms with E-state index in [2.05, 4.69) is 44.6 Å². The van der Waals surface area contributed by atoms with Crippen molar-refractivity contribution >= 4 is 0 Å². The molecule has 0 bridgehead atoms. The molecular weight excluding hydrogens is 336 g/mol. The molecule has 0 unspecified atom stereocenters. The van der Waals surface area contributed by atoms with Crippen LogP contribution in [0.1, 0.15) is 149 Å². The van der Waals surface area contributed by atoms with Crippen molar-refractivity contribution < 1.29 is 0 Å². The van der Waals surface area contributed by atoms with Gasteiger partial charge in [-0.15, -0.1) is 0 Å². The van der Waals surface area contributed by atoms with Gasteiger partial charge in [0.1, 0.15) is 0 Å². The van der Waals surface area contributed by atoms with Gasteiger partial charge in [0.15, 0.2) is 0 Å². The number of unbranched alkanes of at least 4 members (excludes halogenated alkanes) is 19. The van der Waals surface area contributed by atoms with E-state index in [4.69, 9.17) is 0 Å². The highest BCUT2D eigenvalue weighted by molar-refractivity contribution is 4.82. The number of allylic oxidation sites excluding steroid dienone is 4. The van der Waals surface area contributed by atoms with Gasteiger partial charge in [-0.1, -0.05) is 122 Å². The van der Waals surface area contributed by atoms with E-state index in [9.17, 15) is 0 Å². The molecule has 0 aromatic rings. The van der Waals surface area contributed by atoms with Crippen LogP contribution in [-0.2, 0) is 0 Å². The van der Waals surface area contributed by atoms with E-state index in [1.807, 2.05) is 0 Å². The Morgan fingerprint density at radius 1 is 0.321 bits per heavy atom. The highest BCUT2D eigenvalue weighted by Gasteiger charge is 1.93. The zero-order valence-electron chi connectivity index (χ0n) is 19.7. The first-order valence-corrected chi connectivity index (χ1v) is 13.0.